The quantitative estimate of drug-likeness (QED) is 0.225. The van der Waals surface area contributed by atoms with Crippen LogP contribution in [0.4, 0.5) is 53.9 Å². The van der Waals surface area contributed by atoms with Crippen LogP contribution in [0.1, 0.15) is 53.6 Å². The number of para-hydroxylation sites is 2. The first-order chi connectivity index (χ1) is 22.3. The topological polar surface area (TPSA) is 85.9 Å². The number of methoxy groups -OCH3 is 1. The SMILES string of the molecule is COc1ccccc1N1CCN(c2ccc(NC(=O)Nc3cc(C(F)(F)F)cc(C(F)(F)F)c3)cc2C(=O)NC2CCCCC2)CC1. The van der Waals surface area contributed by atoms with Crippen LogP contribution in [0.2, 0.25) is 0 Å². The van der Waals surface area contributed by atoms with Crippen molar-refractivity contribution in [2.24, 2.45) is 0 Å². The fraction of sp³-hybridized carbons (Fsp3) is 0.394. The van der Waals surface area contributed by atoms with E-state index in [4.69, 9.17) is 4.74 Å². The second kappa shape index (κ2) is 14.0. The van der Waals surface area contributed by atoms with E-state index >= 15 is 0 Å². The van der Waals surface area contributed by atoms with Gasteiger partial charge in [0.2, 0.25) is 0 Å². The first kappa shape index (κ1) is 33.7. The Kier molecular flexibility index (Phi) is 10.1. The Labute approximate surface area is 268 Å². The third kappa shape index (κ3) is 8.40. The number of piperazine rings is 1. The van der Waals surface area contributed by atoms with Crippen molar-refractivity contribution in [3.63, 3.8) is 0 Å². The van der Waals surface area contributed by atoms with E-state index in [-0.39, 0.29) is 29.3 Å². The van der Waals surface area contributed by atoms with Gasteiger partial charge in [-0.3, -0.25) is 4.79 Å². The smallest absolute Gasteiger partial charge is 0.416 e. The number of benzene rings is 3. The molecule has 1 saturated heterocycles. The summed E-state index contributed by atoms with van der Waals surface area (Å²) < 4.78 is 85.3. The Morgan fingerprint density at radius 1 is 0.723 bits per heavy atom. The highest BCUT2D eigenvalue weighted by Crippen LogP contribution is 2.38. The van der Waals surface area contributed by atoms with Gasteiger partial charge < -0.3 is 30.5 Å². The van der Waals surface area contributed by atoms with Gasteiger partial charge in [-0.1, -0.05) is 31.4 Å². The Morgan fingerprint density at radius 2 is 1.30 bits per heavy atom. The number of anilines is 4. The van der Waals surface area contributed by atoms with Crippen LogP contribution in [-0.2, 0) is 12.4 Å². The van der Waals surface area contributed by atoms with Crippen LogP contribution < -0.4 is 30.5 Å². The summed E-state index contributed by atoms with van der Waals surface area (Å²) >= 11 is 0. The number of urea groups is 1. The number of carbonyl (C=O) groups excluding carboxylic acids is 2. The van der Waals surface area contributed by atoms with Gasteiger partial charge in [0.1, 0.15) is 5.75 Å². The van der Waals surface area contributed by atoms with Gasteiger partial charge in [-0.2, -0.15) is 26.3 Å². The summed E-state index contributed by atoms with van der Waals surface area (Å²) in [4.78, 5) is 30.7. The molecular weight excluding hydrogens is 628 g/mol. The zero-order valence-corrected chi connectivity index (χ0v) is 25.6. The van der Waals surface area contributed by atoms with E-state index < -0.39 is 35.2 Å². The Balaban J connectivity index is 1.36. The zero-order chi connectivity index (χ0) is 33.8. The molecule has 252 valence electrons. The molecule has 1 aliphatic carbocycles. The first-order valence-electron chi connectivity index (χ1n) is 15.3. The highest BCUT2D eigenvalue weighted by molar-refractivity contribution is 6.04. The maximum Gasteiger partial charge on any atom is 0.416 e. The van der Waals surface area contributed by atoms with E-state index in [1.165, 1.54) is 12.1 Å². The molecule has 0 unspecified atom stereocenters. The molecule has 5 rings (SSSR count). The summed E-state index contributed by atoms with van der Waals surface area (Å²) in [6.45, 7) is 2.44. The molecule has 3 amide bonds. The Morgan fingerprint density at radius 3 is 1.89 bits per heavy atom. The van der Waals surface area contributed by atoms with Crippen LogP contribution in [-0.4, -0.2) is 51.3 Å². The van der Waals surface area contributed by atoms with Crippen molar-refractivity contribution in [1.29, 1.82) is 0 Å². The van der Waals surface area contributed by atoms with E-state index in [0.717, 1.165) is 43.5 Å². The third-order valence-corrected chi connectivity index (χ3v) is 8.33. The highest BCUT2D eigenvalue weighted by Gasteiger charge is 2.37. The van der Waals surface area contributed by atoms with Crippen molar-refractivity contribution in [2.75, 3.05) is 53.7 Å². The predicted molar refractivity (Wildman–Crippen MR) is 167 cm³/mol. The molecule has 0 atom stereocenters. The molecule has 0 radical (unpaired) electrons. The molecule has 47 heavy (non-hydrogen) atoms. The lowest BCUT2D eigenvalue weighted by Crippen LogP contribution is -2.47. The van der Waals surface area contributed by atoms with E-state index in [1.54, 1.807) is 13.2 Å². The molecule has 1 aliphatic heterocycles. The summed E-state index contributed by atoms with van der Waals surface area (Å²) in [5.74, 6) is 0.415. The van der Waals surface area contributed by atoms with E-state index in [9.17, 15) is 35.9 Å². The number of rotatable bonds is 7. The minimum atomic E-state index is -5.07. The number of carbonyl (C=O) groups is 2. The van der Waals surface area contributed by atoms with Gasteiger partial charge in [0.25, 0.3) is 5.91 Å². The second-order valence-corrected chi connectivity index (χ2v) is 11.6. The molecule has 2 aliphatic rings. The molecule has 14 heteroatoms. The standard InChI is InChI=1S/C33H35F6N5O3/c1-47-29-10-6-5-9-28(29)44-15-13-43(14-16-44)27-12-11-24(20-26(27)30(45)40-23-7-3-2-4-8-23)41-31(46)42-25-18-21(32(34,35)36)17-22(19-25)33(37,38)39/h5-6,9-12,17-20,23H,2-4,7-8,13-16H2,1H3,(H,40,45)(H2,41,42,46). The summed E-state index contributed by atoms with van der Waals surface area (Å²) in [5.41, 5.74) is -1.79. The van der Waals surface area contributed by atoms with Crippen molar-refractivity contribution < 1.29 is 40.7 Å². The van der Waals surface area contributed by atoms with Crippen molar-refractivity contribution in [3.05, 3.63) is 77.4 Å². The number of halogens is 6. The summed E-state index contributed by atoms with van der Waals surface area (Å²) in [6, 6.07) is 12.1. The number of amides is 3. The maximum absolute atomic E-state index is 13.6. The molecule has 0 aromatic heterocycles. The van der Waals surface area contributed by atoms with Gasteiger partial charge in [-0.25, -0.2) is 4.79 Å². The number of nitrogens with one attached hydrogen (secondary N) is 3. The lowest BCUT2D eigenvalue weighted by Gasteiger charge is -2.38. The fourth-order valence-electron chi connectivity index (χ4n) is 5.98. The summed E-state index contributed by atoms with van der Waals surface area (Å²) in [7, 11) is 1.61. The minimum absolute atomic E-state index is 0.00450. The monoisotopic (exact) mass is 663 g/mol. The Hall–Kier alpha value is -4.62. The normalized spacial score (nSPS) is 16.1. The van der Waals surface area contributed by atoms with E-state index in [0.29, 0.717) is 44.0 Å². The maximum atomic E-state index is 13.6. The van der Waals surface area contributed by atoms with Gasteiger partial charge in [0.05, 0.1) is 29.5 Å². The highest BCUT2D eigenvalue weighted by atomic mass is 19.4. The molecule has 1 saturated carbocycles. The lowest BCUT2D eigenvalue weighted by molar-refractivity contribution is -0.143. The van der Waals surface area contributed by atoms with Gasteiger partial charge in [-0.15, -0.1) is 0 Å². The molecule has 3 aromatic carbocycles. The number of hydrogen-bond donors (Lipinski definition) is 3. The summed E-state index contributed by atoms with van der Waals surface area (Å²) in [6.07, 6.45) is -5.36. The molecule has 1 heterocycles. The fourth-order valence-corrected chi connectivity index (χ4v) is 5.98. The zero-order valence-electron chi connectivity index (χ0n) is 25.6. The number of hydrogen-bond acceptors (Lipinski definition) is 5. The van der Waals surface area contributed by atoms with Crippen molar-refractivity contribution in [1.82, 2.24) is 5.32 Å². The van der Waals surface area contributed by atoms with Crippen molar-refractivity contribution >= 4 is 34.7 Å². The van der Waals surface area contributed by atoms with E-state index in [1.807, 2.05) is 24.3 Å². The van der Waals surface area contributed by atoms with Crippen LogP contribution >= 0.6 is 0 Å². The van der Waals surface area contributed by atoms with E-state index in [2.05, 4.69) is 25.8 Å². The van der Waals surface area contributed by atoms with Crippen LogP contribution in [0.25, 0.3) is 0 Å². The molecular formula is C33H35F6N5O3. The Bertz CT molecular complexity index is 1550. The number of nitrogens with zero attached hydrogens (tertiary/aromatic N) is 2. The van der Waals surface area contributed by atoms with Gasteiger partial charge in [-0.05, 0) is 61.4 Å². The average Bonchev–Trinajstić information content (AvgIpc) is 3.04. The molecule has 3 aromatic rings. The van der Waals surface area contributed by atoms with Crippen molar-refractivity contribution in [2.45, 2.75) is 50.5 Å². The van der Waals surface area contributed by atoms with Gasteiger partial charge in [0, 0.05) is 49.3 Å². The predicted octanol–water partition coefficient (Wildman–Crippen LogP) is 7.77. The number of ether oxygens (including phenoxy) is 1. The first-order valence-corrected chi connectivity index (χ1v) is 15.3. The van der Waals surface area contributed by atoms with Crippen LogP contribution in [0.3, 0.4) is 0 Å². The van der Waals surface area contributed by atoms with Crippen LogP contribution in [0.15, 0.2) is 60.7 Å². The van der Waals surface area contributed by atoms with Gasteiger partial charge >= 0.3 is 18.4 Å². The van der Waals surface area contributed by atoms with Crippen molar-refractivity contribution in [3.8, 4) is 5.75 Å². The second-order valence-electron chi connectivity index (χ2n) is 11.6. The largest absolute Gasteiger partial charge is 0.495 e. The molecule has 8 nitrogen and oxygen atoms in total. The molecule has 0 spiro atoms. The lowest BCUT2D eigenvalue weighted by atomic mass is 9.95. The number of alkyl halides is 6. The average molecular weight is 664 g/mol. The molecule has 3 N–H and O–H groups in total. The van der Waals surface area contributed by atoms with Crippen LogP contribution in [0.5, 0.6) is 5.75 Å². The van der Waals surface area contributed by atoms with Crippen LogP contribution in [0, 0.1) is 0 Å². The van der Waals surface area contributed by atoms with Gasteiger partial charge in [0.15, 0.2) is 0 Å². The third-order valence-electron chi connectivity index (χ3n) is 8.33. The molecule has 0 bridgehead atoms. The summed E-state index contributed by atoms with van der Waals surface area (Å²) in [5, 5.41) is 7.60. The molecule has 2 fully saturated rings. The minimum Gasteiger partial charge on any atom is -0.495 e.